The third kappa shape index (κ3) is 5.03. The number of aryl methyl sites for hydroxylation is 1. The maximum atomic E-state index is 10.3. The standard InChI is InChI=1S/C20H31N3O2/c1-14-7-8-17-18(10-14)22-19(21-17)15-6-5-9-23(11-15)12-16(24)13-25-20(2,3)4/h7-8,10,15-16,24H,5-6,9,11-13H2,1-4H3,(H,21,22)/t15-,16+/m1/s1. The third-order valence-electron chi connectivity index (χ3n) is 4.73. The number of imidazole rings is 1. The van der Waals surface area contributed by atoms with Gasteiger partial charge in [0.25, 0.3) is 0 Å². The van der Waals surface area contributed by atoms with Gasteiger partial charge in [0.05, 0.1) is 29.3 Å². The number of nitrogens with zero attached hydrogens (tertiary/aromatic N) is 2. The van der Waals surface area contributed by atoms with Crippen LogP contribution in [0.25, 0.3) is 11.0 Å². The van der Waals surface area contributed by atoms with E-state index in [1.807, 2.05) is 20.8 Å². The molecule has 0 amide bonds. The molecule has 1 aliphatic heterocycles. The van der Waals surface area contributed by atoms with Crippen molar-refractivity contribution in [3.05, 3.63) is 29.6 Å². The van der Waals surface area contributed by atoms with Crippen molar-refractivity contribution >= 4 is 11.0 Å². The number of H-pyrrole nitrogens is 1. The van der Waals surface area contributed by atoms with Crippen molar-refractivity contribution in [2.24, 2.45) is 0 Å². The zero-order valence-corrected chi connectivity index (χ0v) is 15.9. The van der Waals surface area contributed by atoms with Crippen LogP contribution >= 0.6 is 0 Å². The summed E-state index contributed by atoms with van der Waals surface area (Å²) in [5.41, 5.74) is 3.19. The van der Waals surface area contributed by atoms with Crippen LogP contribution in [0.3, 0.4) is 0 Å². The van der Waals surface area contributed by atoms with Crippen molar-refractivity contribution in [1.29, 1.82) is 0 Å². The van der Waals surface area contributed by atoms with Crippen LogP contribution in [0.15, 0.2) is 18.2 Å². The molecule has 5 nitrogen and oxygen atoms in total. The van der Waals surface area contributed by atoms with Crippen LogP contribution in [-0.4, -0.2) is 57.9 Å². The number of ether oxygens (including phenoxy) is 1. The van der Waals surface area contributed by atoms with E-state index in [2.05, 4.69) is 35.0 Å². The Labute approximate surface area is 150 Å². The number of aromatic amines is 1. The van der Waals surface area contributed by atoms with Crippen molar-refractivity contribution in [1.82, 2.24) is 14.9 Å². The molecule has 1 aliphatic rings. The van der Waals surface area contributed by atoms with E-state index in [1.54, 1.807) is 0 Å². The lowest BCUT2D eigenvalue weighted by molar-refractivity contribution is -0.0575. The summed E-state index contributed by atoms with van der Waals surface area (Å²) in [6.07, 6.45) is 1.83. The number of nitrogens with one attached hydrogen (secondary N) is 1. The van der Waals surface area contributed by atoms with E-state index in [9.17, 15) is 5.11 Å². The number of piperidine rings is 1. The Morgan fingerprint density at radius 3 is 2.96 bits per heavy atom. The molecule has 5 heteroatoms. The number of aromatic nitrogens is 2. The van der Waals surface area contributed by atoms with Gasteiger partial charge in [-0.1, -0.05) is 6.07 Å². The molecule has 2 N–H and O–H groups in total. The zero-order valence-electron chi connectivity index (χ0n) is 15.9. The molecule has 3 rings (SSSR count). The molecule has 25 heavy (non-hydrogen) atoms. The minimum absolute atomic E-state index is 0.210. The summed E-state index contributed by atoms with van der Waals surface area (Å²) in [6.45, 7) is 11.2. The molecule has 1 aromatic heterocycles. The summed E-state index contributed by atoms with van der Waals surface area (Å²) in [7, 11) is 0. The first-order valence-electron chi connectivity index (χ1n) is 9.31. The number of benzene rings is 1. The van der Waals surface area contributed by atoms with Crippen molar-refractivity contribution in [3.63, 3.8) is 0 Å². The number of rotatable bonds is 5. The first kappa shape index (κ1) is 18.4. The van der Waals surface area contributed by atoms with Gasteiger partial charge in [0.1, 0.15) is 5.82 Å². The van der Waals surface area contributed by atoms with Crippen LogP contribution in [0.1, 0.15) is 50.9 Å². The predicted octanol–water partition coefficient (Wildman–Crippen LogP) is 3.23. The Hall–Kier alpha value is -1.43. The van der Waals surface area contributed by atoms with Gasteiger partial charge >= 0.3 is 0 Å². The van der Waals surface area contributed by atoms with E-state index in [0.717, 1.165) is 42.8 Å². The average molecular weight is 345 g/mol. The van der Waals surface area contributed by atoms with Crippen molar-refractivity contribution in [3.8, 4) is 0 Å². The van der Waals surface area contributed by atoms with E-state index >= 15 is 0 Å². The van der Waals surface area contributed by atoms with Crippen LogP contribution < -0.4 is 0 Å². The number of aliphatic hydroxyl groups is 1. The fourth-order valence-electron chi connectivity index (χ4n) is 3.48. The predicted molar refractivity (Wildman–Crippen MR) is 101 cm³/mol. The molecule has 138 valence electrons. The lowest BCUT2D eigenvalue weighted by Gasteiger charge is -2.33. The Bertz CT molecular complexity index is 705. The number of likely N-dealkylation sites (tertiary alicyclic amines) is 1. The summed E-state index contributed by atoms with van der Waals surface area (Å²) in [6, 6.07) is 6.34. The van der Waals surface area contributed by atoms with E-state index in [-0.39, 0.29) is 5.60 Å². The number of β-amino-alcohol motifs (C(OH)–C–C–N with tert-alkyl or cyclic N) is 1. The number of hydrogen-bond donors (Lipinski definition) is 2. The second-order valence-corrected chi connectivity index (χ2v) is 8.32. The molecule has 0 bridgehead atoms. The van der Waals surface area contributed by atoms with E-state index < -0.39 is 6.10 Å². The first-order valence-corrected chi connectivity index (χ1v) is 9.31. The lowest BCUT2D eigenvalue weighted by Crippen LogP contribution is -2.41. The van der Waals surface area contributed by atoms with Crippen LogP contribution in [-0.2, 0) is 4.74 Å². The molecule has 1 saturated heterocycles. The Kier molecular flexibility index (Phi) is 5.46. The topological polar surface area (TPSA) is 61.4 Å². The highest BCUT2D eigenvalue weighted by atomic mass is 16.5. The van der Waals surface area contributed by atoms with E-state index in [0.29, 0.717) is 19.1 Å². The molecule has 1 aromatic carbocycles. The minimum Gasteiger partial charge on any atom is -0.389 e. The first-order chi connectivity index (χ1) is 11.8. The number of hydrogen-bond acceptors (Lipinski definition) is 4. The fourth-order valence-corrected chi connectivity index (χ4v) is 3.48. The maximum Gasteiger partial charge on any atom is 0.111 e. The number of fused-ring (bicyclic) bond motifs is 1. The van der Waals surface area contributed by atoms with E-state index in [4.69, 9.17) is 9.72 Å². The number of aliphatic hydroxyl groups excluding tert-OH is 1. The lowest BCUT2D eigenvalue weighted by atomic mass is 9.97. The average Bonchev–Trinajstić information content (AvgIpc) is 2.96. The van der Waals surface area contributed by atoms with Gasteiger partial charge in [0.15, 0.2) is 0 Å². The zero-order chi connectivity index (χ0) is 18.0. The minimum atomic E-state index is -0.448. The Balaban J connectivity index is 1.60. The van der Waals surface area contributed by atoms with Gasteiger partial charge in [0.2, 0.25) is 0 Å². The van der Waals surface area contributed by atoms with Gasteiger partial charge < -0.3 is 14.8 Å². The second kappa shape index (κ2) is 7.44. The largest absolute Gasteiger partial charge is 0.389 e. The molecule has 0 saturated carbocycles. The van der Waals surface area contributed by atoms with Crippen molar-refractivity contribution in [2.75, 3.05) is 26.2 Å². The molecular formula is C20H31N3O2. The SMILES string of the molecule is Cc1ccc2nc([C@@H]3CCCN(C[C@H](O)COC(C)(C)C)C3)[nH]c2c1. The van der Waals surface area contributed by atoms with E-state index in [1.165, 1.54) is 5.56 Å². The molecule has 2 aromatic rings. The van der Waals surface area contributed by atoms with Crippen LogP contribution in [0.2, 0.25) is 0 Å². The van der Waals surface area contributed by atoms with Gasteiger partial charge in [0, 0.05) is 19.0 Å². The molecule has 2 heterocycles. The normalized spacial score (nSPS) is 20.9. The summed E-state index contributed by atoms with van der Waals surface area (Å²) < 4.78 is 5.70. The monoisotopic (exact) mass is 345 g/mol. The van der Waals surface area contributed by atoms with Crippen LogP contribution in [0.4, 0.5) is 0 Å². The van der Waals surface area contributed by atoms with Crippen molar-refractivity contribution < 1.29 is 9.84 Å². The van der Waals surface area contributed by atoms with Crippen LogP contribution in [0.5, 0.6) is 0 Å². The smallest absolute Gasteiger partial charge is 0.111 e. The maximum absolute atomic E-state index is 10.3. The Morgan fingerprint density at radius 2 is 2.20 bits per heavy atom. The fraction of sp³-hybridized carbons (Fsp3) is 0.650. The molecule has 0 spiro atoms. The molecule has 0 unspecified atom stereocenters. The Morgan fingerprint density at radius 1 is 1.40 bits per heavy atom. The molecular weight excluding hydrogens is 314 g/mol. The highest BCUT2D eigenvalue weighted by Crippen LogP contribution is 2.27. The molecule has 0 radical (unpaired) electrons. The van der Waals surface area contributed by atoms with Gasteiger partial charge in [-0.15, -0.1) is 0 Å². The second-order valence-electron chi connectivity index (χ2n) is 8.32. The third-order valence-corrected chi connectivity index (χ3v) is 4.73. The highest BCUT2D eigenvalue weighted by molar-refractivity contribution is 5.75. The highest BCUT2D eigenvalue weighted by Gasteiger charge is 2.25. The van der Waals surface area contributed by atoms with Gasteiger partial charge in [-0.05, 0) is 64.8 Å². The van der Waals surface area contributed by atoms with Crippen LogP contribution in [0, 0.1) is 6.92 Å². The summed E-state index contributed by atoms with van der Waals surface area (Å²) in [5, 5.41) is 10.3. The quantitative estimate of drug-likeness (QED) is 0.873. The molecule has 0 aliphatic carbocycles. The van der Waals surface area contributed by atoms with Gasteiger partial charge in [-0.3, -0.25) is 4.90 Å². The summed E-state index contributed by atoms with van der Waals surface area (Å²) in [4.78, 5) is 10.6. The van der Waals surface area contributed by atoms with Crippen molar-refractivity contribution in [2.45, 2.75) is 58.2 Å². The van der Waals surface area contributed by atoms with Gasteiger partial charge in [-0.25, -0.2) is 4.98 Å². The van der Waals surface area contributed by atoms with Gasteiger partial charge in [-0.2, -0.15) is 0 Å². The summed E-state index contributed by atoms with van der Waals surface area (Å²) >= 11 is 0. The molecule has 1 fully saturated rings. The summed E-state index contributed by atoms with van der Waals surface area (Å²) in [5.74, 6) is 1.47. The molecule has 2 atom stereocenters.